The van der Waals surface area contributed by atoms with Gasteiger partial charge in [0.2, 0.25) is 5.78 Å². The molecule has 0 amide bonds. The van der Waals surface area contributed by atoms with Gasteiger partial charge >= 0.3 is 0 Å². The quantitative estimate of drug-likeness (QED) is 0.745. The van der Waals surface area contributed by atoms with Gasteiger partial charge in [0, 0.05) is 0 Å². The summed E-state index contributed by atoms with van der Waals surface area (Å²) in [5.41, 5.74) is 0.110. The third-order valence-electron chi connectivity index (χ3n) is 2.84. The van der Waals surface area contributed by atoms with E-state index in [0.29, 0.717) is 10.4 Å². The molecule has 0 aliphatic carbocycles. The number of benzene rings is 1. The second-order valence-corrected chi connectivity index (χ2v) is 6.85. The molecule has 1 aromatic carbocycles. The van der Waals surface area contributed by atoms with Crippen LogP contribution in [-0.4, -0.2) is 14.2 Å². The first-order valence-electron chi connectivity index (χ1n) is 5.13. The smallest absolute Gasteiger partial charge is 0.207 e. The molecule has 0 unspecified atom stereocenters. The summed E-state index contributed by atoms with van der Waals surface area (Å²) in [4.78, 5) is 12.3. The molecular formula is C12H7FO3S2. The zero-order chi connectivity index (χ0) is 12.9. The Balaban J connectivity index is 2.44. The lowest BCUT2D eigenvalue weighted by atomic mass is 10.1. The van der Waals surface area contributed by atoms with Crippen LogP contribution in [0.15, 0.2) is 34.5 Å². The van der Waals surface area contributed by atoms with Gasteiger partial charge in [0.15, 0.2) is 9.84 Å². The number of thiophene rings is 1. The molecule has 0 saturated heterocycles. The molecule has 0 N–H and O–H groups in total. The zero-order valence-corrected chi connectivity index (χ0v) is 10.6. The highest BCUT2D eigenvalue weighted by molar-refractivity contribution is 7.90. The van der Waals surface area contributed by atoms with Crippen LogP contribution in [0.25, 0.3) is 0 Å². The van der Waals surface area contributed by atoms with Crippen LogP contribution in [0.3, 0.4) is 0 Å². The standard InChI is InChI=1S/C12H7FO3S2/c13-8-2-1-3-9-10(8)11(14)12-7(4-5-17-12)6-18(9,15)16/h1-5H,6H2. The molecule has 6 heteroatoms. The fourth-order valence-electron chi connectivity index (χ4n) is 2.03. The fourth-order valence-corrected chi connectivity index (χ4v) is 4.58. The first-order chi connectivity index (χ1) is 8.50. The maximum absolute atomic E-state index is 13.8. The van der Waals surface area contributed by atoms with Crippen molar-refractivity contribution in [3.05, 3.63) is 51.5 Å². The van der Waals surface area contributed by atoms with Crippen LogP contribution in [0.1, 0.15) is 20.8 Å². The molecule has 92 valence electrons. The van der Waals surface area contributed by atoms with Crippen LogP contribution in [0.5, 0.6) is 0 Å². The van der Waals surface area contributed by atoms with Gasteiger partial charge in [-0.3, -0.25) is 4.79 Å². The number of halogens is 1. The van der Waals surface area contributed by atoms with Crippen molar-refractivity contribution in [2.75, 3.05) is 0 Å². The van der Waals surface area contributed by atoms with E-state index in [-0.39, 0.29) is 16.2 Å². The van der Waals surface area contributed by atoms with Gasteiger partial charge in [0.1, 0.15) is 5.82 Å². The van der Waals surface area contributed by atoms with Crippen LogP contribution in [0.2, 0.25) is 0 Å². The summed E-state index contributed by atoms with van der Waals surface area (Å²) in [6.45, 7) is 0. The lowest BCUT2D eigenvalue weighted by Crippen LogP contribution is -2.08. The van der Waals surface area contributed by atoms with Gasteiger partial charge in [0.25, 0.3) is 0 Å². The van der Waals surface area contributed by atoms with Gasteiger partial charge in [0.05, 0.1) is 21.1 Å². The van der Waals surface area contributed by atoms with Crippen molar-refractivity contribution in [3.63, 3.8) is 0 Å². The summed E-state index contributed by atoms with van der Waals surface area (Å²) in [5, 5.41) is 1.64. The minimum Gasteiger partial charge on any atom is -0.288 e. The predicted octanol–water partition coefficient (Wildman–Crippen LogP) is 2.41. The number of carbonyl (C=O) groups is 1. The van der Waals surface area contributed by atoms with Gasteiger partial charge in [-0.2, -0.15) is 0 Å². The molecule has 1 aromatic heterocycles. The molecule has 2 heterocycles. The highest BCUT2D eigenvalue weighted by Gasteiger charge is 2.33. The number of fused-ring (bicyclic) bond motifs is 2. The highest BCUT2D eigenvalue weighted by atomic mass is 32.2. The first-order valence-corrected chi connectivity index (χ1v) is 7.66. The normalized spacial score (nSPS) is 16.8. The molecule has 0 fully saturated rings. The Labute approximate surface area is 107 Å². The third-order valence-corrected chi connectivity index (χ3v) is 5.49. The van der Waals surface area contributed by atoms with Gasteiger partial charge in [-0.25, -0.2) is 12.8 Å². The summed E-state index contributed by atoms with van der Waals surface area (Å²) in [7, 11) is -3.67. The summed E-state index contributed by atoms with van der Waals surface area (Å²) >= 11 is 1.14. The molecule has 18 heavy (non-hydrogen) atoms. The van der Waals surface area contributed by atoms with Crippen molar-refractivity contribution in [2.45, 2.75) is 10.6 Å². The van der Waals surface area contributed by atoms with Crippen molar-refractivity contribution >= 4 is 27.0 Å². The van der Waals surface area contributed by atoms with Crippen molar-refractivity contribution in [1.29, 1.82) is 0 Å². The lowest BCUT2D eigenvalue weighted by Gasteiger charge is -2.05. The van der Waals surface area contributed by atoms with Gasteiger partial charge in [-0.1, -0.05) is 6.07 Å². The average Bonchev–Trinajstić information content (AvgIpc) is 2.72. The average molecular weight is 282 g/mol. The Kier molecular flexibility index (Phi) is 2.39. The topological polar surface area (TPSA) is 51.2 Å². The second kappa shape index (κ2) is 3.73. The van der Waals surface area contributed by atoms with Crippen molar-refractivity contribution in [1.82, 2.24) is 0 Å². The van der Waals surface area contributed by atoms with E-state index in [1.165, 1.54) is 12.1 Å². The maximum atomic E-state index is 13.8. The number of rotatable bonds is 0. The Morgan fingerprint density at radius 3 is 2.78 bits per heavy atom. The summed E-state index contributed by atoms with van der Waals surface area (Å²) in [6, 6.07) is 5.28. The molecule has 0 spiro atoms. The predicted molar refractivity (Wildman–Crippen MR) is 65.0 cm³/mol. The van der Waals surface area contributed by atoms with Crippen molar-refractivity contribution in [2.24, 2.45) is 0 Å². The number of hydrogen-bond acceptors (Lipinski definition) is 4. The Morgan fingerprint density at radius 2 is 2.00 bits per heavy atom. The van der Waals surface area contributed by atoms with E-state index in [4.69, 9.17) is 0 Å². The van der Waals surface area contributed by atoms with Crippen LogP contribution in [0.4, 0.5) is 4.39 Å². The van der Waals surface area contributed by atoms with E-state index >= 15 is 0 Å². The number of hydrogen-bond donors (Lipinski definition) is 0. The van der Waals surface area contributed by atoms with Crippen molar-refractivity contribution < 1.29 is 17.6 Å². The largest absolute Gasteiger partial charge is 0.288 e. The summed E-state index contributed by atoms with van der Waals surface area (Å²) < 4.78 is 38.0. The minimum absolute atomic E-state index is 0.212. The van der Waals surface area contributed by atoms with Crippen LogP contribution >= 0.6 is 11.3 Å². The maximum Gasteiger partial charge on any atom is 0.207 e. The summed E-state index contributed by atoms with van der Waals surface area (Å²) in [6.07, 6.45) is 0. The SMILES string of the molecule is O=C1c2sccc2CS(=O)(=O)c2cccc(F)c21. The van der Waals surface area contributed by atoms with Gasteiger partial charge in [-0.05, 0) is 29.1 Å². The number of sulfone groups is 1. The fraction of sp³-hybridized carbons (Fsp3) is 0.0833. The molecule has 0 saturated carbocycles. The molecule has 1 aliphatic heterocycles. The zero-order valence-electron chi connectivity index (χ0n) is 9.01. The highest BCUT2D eigenvalue weighted by Crippen LogP contribution is 2.33. The van der Waals surface area contributed by atoms with Gasteiger partial charge in [-0.15, -0.1) is 11.3 Å². The Morgan fingerprint density at radius 1 is 1.22 bits per heavy atom. The van der Waals surface area contributed by atoms with Crippen LogP contribution < -0.4 is 0 Å². The van der Waals surface area contributed by atoms with E-state index in [2.05, 4.69) is 0 Å². The number of carbonyl (C=O) groups excluding carboxylic acids is 1. The Bertz CT molecular complexity index is 759. The molecule has 0 radical (unpaired) electrons. The van der Waals surface area contributed by atoms with E-state index < -0.39 is 21.4 Å². The molecular weight excluding hydrogens is 275 g/mol. The molecule has 0 bridgehead atoms. The Hall–Kier alpha value is -1.53. The van der Waals surface area contributed by atoms with E-state index in [1.807, 2.05) is 0 Å². The van der Waals surface area contributed by atoms with E-state index in [0.717, 1.165) is 17.4 Å². The molecule has 2 aromatic rings. The van der Waals surface area contributed by atoms with Crippen LogP contribution in [-0.2, 0) is 15.6 Å². The second-order valence-electron chi connectivity index (χ2n) is 3.98. The first kappa shape index (κ1) is 11.6. The molecule has 0 atom stereocenters. The summed E-state index contributed by atoms with van der Waals surface area (Å²) in [5.74, 6) is -1.59. The number of ketones is 1. The van der Waals surface area contributed by atoms with Crippen LogP contribution in [0, 0.1) is 5.82 Å². The third kappa shape index (κ3) is 1.53. The van der Waals surface area contributed by atoms with E-state index in [9.17, 15) is 17.6 Å². The lowest BCUT2D eigenvalue weighted by molar-refractivity contribution is 0.103. The van der Waals surface area contributed by atoms with E-state index in [1.54, 1.807) is 11.4 Å². The minimum atomic E-state index is -3.67. The monoisotopic (exact) mass is 282 g/mol. The molecule has 3 rings (SSSR count). The van der Waals surface area contributed by atoms with Crippen molar-refractivity contribution in [3.8, 4) is 0 Å². The van der Waals surface area contributed by atoms with Gasteiger partial charge < -0.3 is 0 Å². The molecule has 3 nitrogen and oxygen atoms in total. The molecule has 1 aliphatic rings.